The Labute approximate surface area is 106 Å². The van der Waals surface area contributed by atoms with Crippen LogP contribution in [0.4, 0.5) is 4.39 Å². The highest BCUT2D eigenvalue weighted by Crippen LogP contribution is 2.25. The molecule has 0 saturated carbocycles. The number of hydrogen-bond acceptors (Lipinski definition) is 2. The van der Waals surface area contributed by atoms with E-state index >= 15 is 0 Å². The summed E-state index contributed by atoms with van der Waals surface area (Å²) in [6.07, 6.45) is 3.45. The van der Waals surface area contributed by atoms with Gasteiger partial charge in [-0.1, -0.05) is 11.6 Å². The van der Waals surface area contributed by atoms with E-state index < -0.39 is 0 Å². The third kappa shape index (κ3) is 3.86. The number of rotatable bonds is 4. The molecule has 1 fully saturated rings. The van der Waals surface area contributed by atoms with Gasteiger partial charge in [0.05, 0.1) is 11.6 Å². The van der Waals surface area contributed by atoms with E-state index in [-0.39, 0.29) is 5.82 Å². The predicted molar refractivity (Wildman–Crippen MR) is 67.1 cm³/mol. The monoisotopic (exact) mass is 257 g/mol. The molecule has 0 spiro atoms. The lowest BCUT2D eigenvalue weighted by atomic mass is 9.95. The van der Waals surface area contributed by atoms with Crippen molar-refractivity contribution < 1.29 is 9.13 Å². The van der Waals surface area contributed by atoms with E-state index in [9.17, 15) is 4.39 Å². The fourth-order valence-electron chi connectivity index (χ4n) is 2.10. The summed E-state index contributed by atoms with van der Waals surface area (Å²) in [5.74, 6) is 0.971. The average molecular weight is 258 g/mol. The Kier molecular flexibility index (Phi) is 4.63. The molecule has 1 heterocycles. The number of halogens is 2. The summed E-state index contributed by atoms with van der Waals surface area (Å²) in [6, 6.07) is 4.23. The van der Waals surface area contributed by atoms with Crippen molar-refractivity contribution in [3.63, 3.8) is 0 Å². The van der Waals surface area contributed by atoms with E-state index in [1.807, 2.05) is 0 Å². The van der Waals surface area contributed by atoms with E-state index in [4.69, 9.17) is 16.3 Å². The van der Waals surface area contributed by atoms with Crippen LogP contribution in [0, 0.1) is 11.7 Å². The molecule has 0 amide bonds. The Morgan fingerprint density at radius 3 is 2.82 bits per heavy atom. The maximum atomic E-state index is 12.8. The summed E-state index contributed by atoms with van der Waals surface area (Å²) in [5, 5.41) is 3.68. The number of piperidine rings is 1. The van der Waals surface area contributed by atoms with Crippen LogP contribution < -0.4 is 10.1 Å². The number of benzene rings is 1. The Bertz CT molecular complexity index is 366. The fraction of sp³-hybridized carbons (Fsp3) is 0.538. The Morgan fingerprint density at radius 1 is 1.35 bits per heavy atom. The Hall–Kier alpha value is -0.800. The molecule has 17 heavy (non-hydrogen) atoms. The van der Waals surface area contributed by atoms with Crippen molar-refractivity contribution in [3.8, 4) is 5.75 Å². The van der Waals surface area contributed by atoms with Crippen molar-refractivity contribution in [3.05, 3.63) is 29.0 Å². The second-order valence-corrected chi connectivity index (χ2v) is 4.81. The highest BCUT2D eigenvalue weighted by Gasteiger charge is 2.13. The van der Waals surface area contributed by atoms with Gasteiger partial charge >= 0.3 is 0 Å². The molecule has 1 aliphatic heterocycles. The van der Waals surface area contributed by atoms with Crippen LogP contribution in [0.25, 0.3) is 0 Å². The van der Waals surface area contributed by atoms with Crippen molar-refractivity contribution >= 4 is 11.6 Å². The number of hydrogen-bond donors (Lipinski definition) is 1. The minimum absolute atomic E-state index is 0.333. The lowest BCUT2D eigenvalue weighted by Crippen LogP contribution is -2.28. The third-order valence-electron chi connectivity index (χ3n) is 3.14. The van der Waals surface area contributed by atoms with Gasteiger partial charge in [-0.2, -0.15) is 0 Å². The van der Waals surface area contributed by atoms with E-state index in [0.29, 0.717) is 17.4 Å². The van der Waals surface area contributed by atoms with Crippen molar-refractivity contribution in [1.82, 2.24) is 5.32 Å². The molecule has 0 bridgehead atoms. The van der Waals surface area contributed by atoms with E-state index in [2.05, 4.69) is 5.32 Å². The second-order valence-electron chi connectivity index (χ2n) is 4.41. The zero-order chi connectivity index (χ0) is 12.1. The van der Waals surface area contributed by atoms with Gasteiger partial charge in [0.2, 0.25) is 0 Å². The van der Waals surface area contributed by atoms with Gasteiger partial charge in [0, 0.05) is 0 Å². The maximum absolute atomic E-state index is 12.8. The quantitative estimate of drug-likeness (QED) is 0.894. The van der Waals surface area contributed by atoms with E-state index in [0.717, 1.165) is 25.4 Å². The number of nitrogens with one attached hydrogen (secondary N) is 1. The first kappa shape index (κ1) is 12.7. The van der Waals surface area contributed by atoms with Crippen LogP contribution >= 0.6 is 11.6 Å². The van der Waals surface area contributed by atoms with Crippen LogP contribution in [0.1, 0.15) is 19.3 Å². The van der Waals surface area contributed by atoms with Gasteiger partial charge < -0.3 is 10.1 Å². The summed E-state index contributed by atoms with van der Waals surface area (Å²) < 4.78 is 18.4. The SMILES string of the molecule is Fc1ccc(OCCC2CCNCC2)c(Cl)c1. The molecule has 1 saturated heterocycles. The van der Waals surface area contributed by atoms with E-state index in [1.165, 1.54) is 25.0 Å². The van der Waals surface area contributed by atoms with Crippen LogP contribution in [0.5, 0.6) is 5.75 Å². The fourth-order valence-corrected chi connectivity index (χ4v) is 2.32. The lowest BCUT2D eigenvalue weighted by Gasteiger charge is -2.22. The summed E-state index contributed by atoms with van der Waals surface area (Å²) in [7, 11) is 0. The standard InChI is InChI=1S/C13H17ClFNO/c14-12-9-11(15)1-2-13(12)17-8-5-10-3-6-16-7-4-10/h1-2,9-10,16H,3-8H2. The van der Waals surface area contributed by atoms with E-state index in [1.54, 1.807) is 6.07 Å². The largest absolute Gasteiger partial charge is 0.492 e. The van der Waals surface area contributed by atoms with Crippen molar-refractivity contribution in [1.29, 1.82) is 0 Å². The highest BCUT2D eigenvalue weighted by atomic mass is 35.5. The van der Waals surface area contributed by atoms with Gasteiger partial charge in [-0.3, -0.25) is 0 Å². The molecule has 0 aromatic heterocycles. The Morgan fingerprint density at radius 2 is 2.12 bits per heavy atom. The molecule has 94 valence electrons. The highest BCUT2D eigenvalue weighted by molar-refractivity contribution is 6.32. The second kappa shape index (κ2) is 6.22. The predicted octanol–water partition coefficient (Wildman–Crippen LogP) is 3.25. The van der Waals surface area contributed by atoms with Gasteiger partial charge in [0.15, 0.2) is 0 Å². The molecule has 1 N–H and O–H groups in total. The molecule has 0 radical (unpaired) electrons. The first-order chi connectivity index (χ1) is 8.25. The van der Waals surface area contributed by atoms with Crippen LogP contribution in [-0.4, -0.2) is 19.7 Å². The maximum Gasteiger partial charge on any atom is 0.138 e. The van der Waals surface area contributed by atoms with Crippen molar-refractivity contribution in [2.24, 2.45) is 5.92 Å². The molecule has 0 aliphatic carbocycles. The van der Waals surface area contributed by atoms with Crippen molar-refractivity contribution in [2.75, 3.05) is 19.7 Å². The lowest BCUT2D eigenvalue weighted by molar-refractivity contribution is 0.251. The third-order valence-corrected chi connectivity index (χ3v) is 3.43. The molecule has 2 nitrogen and oxygen atoms in total. The van der Waals surface area contributed by atoms with Gasteiger partial charge in [-0.05, 0) is 56.5 Å². The molecular weight excluding hydrogens is 241 g/mol. The van der Waals surface area contributed by atoms with Crippen LogP contribution in [0.3, 0.4) is 0 Å². The zero-order valence-corrected chi connectivity index (χ0v) is 10.5. The first-order valence-electron chi connectivity index (χ1n) is 6.04. The summed E-state index contributed by atoms with van der Waals surface area (Å²) in [5.41, 5.74) is 0. The Balaban J connectivity index is 1.77. The normalized spacial score (nSPS) is 17.1. The molecule has 4 heteroatoms. The summed E-state index contributed by atoms with van der Waals surface area (Å²) in [4.78, 5) is 0. The zero-order valence-electron chi connectivity index (χ0n) is 9.72. The summed E-state index contributed by atoms with van der Waals surface area (Å²) >= 11 is 5.88. The van der Waals surface area contributed by atoms with Crippen LogP contribution in [0.2, 0.25) is 5.02 Å². The molecular formula is C13H17ClFNO. The van der Waals surface area contributed by atoms with Crippen LogP contribution in [0.15, 0.2) is 18.2 Å². The minimum atomic E-state index is -0.333. The van der Waals surface area contributed by atoms with Gasteiger partial charge in [-0.15, -0.1) is 0 Å². The smallest absolute Gasteiger partial charge is 0.138 e. The molecule has 2 rings (SSSR count). The molecule has 0 atom stereocenters. The number of ether oxygens (including phenoxy) is 1. The molecule has 1 aromatic carbocycles. The van der Waals surface area contributed by atoms with Gasteiger partial charge in [0.25, 0.3) is 0 Å². The van der Waals surface area contributed by atoms with Crippen LogP contribution in [-0.2, 0) is 0 Å². The molecule has 0 unspecified atom stereocenters. The average Bonchev–Trinajstić information content (AvgIpc) is 2.33. The summed E-state index contributed by atoms with van der Waals surface area (Å²) in [6.45, 7) is 2.85. The first-order valence-corrected chi connectivity index (χ1v) is 6.42. The molecule has 1 aliphatic rings. The van der Waals surface area contributed by atoms with Gasteiger partial charge in [-0.25, -0.2) is 4.39 Å². The molecule has 1 aromatic rings. The van der Waals surface area contributed by atoms with Crippen molar-refractivity contribution in [2.45, 2.75) is 19.3 Å². The minimum Gasteiger partial charge on any atom is -0.492 e. The topological polar surface area (TPSA) is 21.3 Å². The van der Waals surface area contributed by atoms with Gasteiger partial charge in [0.1, 0.15) is 11.6 Å².